The third kappa shape index (κ3) is 5.93. The Balaban J connectivity index is 1.20. The zero-order chi connectivity index (χ0) is 28.2. The predicted molar refractivity (Wildman–Crippen MR) is 152 cm³/mol. The lowest BCUT2D eigenvalue weighted by Crippen LogP contribution is -2.35. The summed E-state index contributed by atoms with van der Waals surface area (Å²) in [6.45, 7) is 3.67. The van der Waals surface area contributed by atoms with Crippen LogP contribution in [0.4, 0.5) is 4.39 Å². The van der Waals surface area contributed by atoms with Gasteiger partial charge in [0.05, 0.1) is 30.8 Å². The molecule has 0 spiro atoms. The molecule has 2 amide bonds. The van der Waals surface area contributed by atoms with E-state index in [-0.39, 0.29) is 28.4 Å². The van der Waals surface area contributed by atoms with E-state index in [1.807, 2.05) is 30.3 Å². The van der Waals surface area contributed by atoms with Gasteiger partial charge in [-0.15, -0.1) is 0 Å². The van der Waals surface area contributed by atoms with Crippen molar-refractivity contribution in [3.63, 3.8) is 0 Å². The van der Waals surface area contributed by atoms with E-state index in [1.54, 1.807) is 43.4 Å². The van der Waals surface area contributed by atoms with E-state index in [2.05, 4.69) is 10.2 Å². The largest absolute Gasteiger partial charge is 0.493 e. The van der Waals surface area contributed by atoms with Gasteiger partial charge in [-0.2, -0.15) is 0 Å². The van der Waals surface area contributed by atoms with Gasteiger partial charge in [0.2, 0.25) is 0 Å². The number of ether oxygens (including phenoxy) is 2. The summed E-state index contributed by atoms with van der Waals surface area (Å²) < 4.78 is 25.0. The van der Waals surface area contributed by atoms with E-state index < -0.39 is 5.82 Å². The van der Waals surface area contributed by atoms with Gasteiger partial charge in [-0.1, -0.05) is 48.0 Å². The minimum atomic E-state index is -0.585. The van der Waals surface area contributed by atoms with Gasteiger partial charge in [0, 0.05) is 38.3 Å². The molecule has 2 aliphatic rings. The predicted octanol–water partition coefficient (Wildman–Crippen LogP) is 5.06. The summed E-state index contributed by atoms with van der Waals surface area (Å²) in [6, 6.07) is 19.2. The van der Waals surface area contributed by atoms with E-state index in [0.717, 1.165) is 31.6 Å². The second kappa shape index (κ2) is 12.3. The number of nitrogens with one attached hydrogen (secondary N) is 1. The molecule has 3 aromatic rings. The molecule has 210 valence electrons. The Morgan fingerprint density at radius 1 is 0.950 bits per heavy atom. The standard InChI is InChI=1S/C31H33ClFN3O4/c1-39-27-12-11-21(15-28(27)40-2)30(37)34-26(20-7-4-3-5-8-20)13-14-35-16-22-18-36(19-23(22)17-35)31(38)29-24(32)9-6-10-25(29)33/h3-12,15,22-23,26H,13-14,16-19H2,1-2H3,(H,34,37)/t22?,23?,26-/m0/s1. The molecule has 2 fully saturated rings. The number of carbonyl (C=O) groups excluding carboxylic acids is 2. The number of rotatable bonds is 9. The number of methoxy groups -OCH3 is 2. The number of fused-ring (bicyclic) bond motifs is 1. The van der Waals surface area contributed by atoms with E-state index in [4.69, 9.17) is 21.1 Å². The van der Waals surface area contributed by atoms with Crippen LogP contribution in [-0.4, -0.2) is 68.6 Å². The smallest absolute Gasteiger partial charge is 0.258 e. The van der Waals surface area contributed by atoms with Crippen LogP contribution in [0.15, 0.2) is 66.7 Å². The maximum atomic E-state index is 14.3. The topological polar surface area (TPSA) is 71.1 Å². The number of hydrogen-bond acceptors (Lipinski definition) is 5. The summed E-state index contributed by atoms with van der Waals surface area (Å²) in [5.74, 6) is 0.603. The highest BCUT2D eigenvalue weighted by atomic mass is 35.5. The van der Waals surface area contributed by atoms with Crippen molar-refractivity contribution in [2.75, 3.05) is 46.9 Å². The molecule has 2 aliphatic heterocycles. The van der Waals surface area contributed by atoms with Gasteiger partial charge in [-0.3, -0.25) is 9.59 Å². The van der Waals surface area contributed by atoms with Crippen molar-refractivity contribution in [3.05, 3.63) is 94.3 Å². The van der Waals surface area contributed by atoms with Gasteiger partial charge in [0.1, 0.15) is 5.82 Å². The molecule has 0 bridgehead atoms. The lowest BCUT2D eigenvalue weighted by molar-refractivity contribution is 0.0769. The highest BCUT2D eigenvalue weighted by Crippen LogP contribution is 2.34. The number of nitrogens with zero attached hydrogens (tertiary/aromatic N) is 2. The van der Waals surface area contributed by atoms with Crippen LogP contribution in [0.5, 0.6) is 11.5 Å². The molecule has 2 saturated heterocycles. The number of likely N-dealkylation sites (tertiary alicyclic amines) is 2. The Hall–Kier alpha value is -3.62. The highest BCUT2D eigenvalue weighted by Gasteiger charge is 2.42. The Bertz CT molecular complexity index is 1340. The van der Waals surface area contributed by atoms with Gasteiger partial charge in [-0.25, -0.2) is 4.39 Å². The Kier molecular flexibility index (Phi) is 8.57. The third-order valence-corrected chi connectivity index (χ3v) is 8.23. The van der Waals surface area contributed by atoms with Crippen LogP contribution in [0.1, 0.15) is 38.7 Å². The average Bonchev–Trinajstić information content (AvgIpc) is 3.54. The molecule has 7 nitrogen and oxygen atoms in total. The van der Waals surface area contributed by atoms with Gasteiger partial charge in [0.25, 0.3) is 11.8 Å². The second-order valence-corrected chi connectivity index (χ2v) is 10.8. The van der Waals surface area contributed by atoms with E-state index in [1.165, 1.54) is 12.1 Å². The van der Waals surface area contributed by atoms with Crippen LogP contribution in [0, 0.1) is 17.7 Å². The lowest BCUT2D eigenvalue weighted by atomic mass is 10.0. The number of hydrogen-bond donors (Lipinski definition) is 1. The van der Waals surface area contributed by atoms with Crippen molar-refractivity contribution in [1.82, 2.24) is 15.1 Å². The number of amides is 2. The average molecular weight is 566 g/mol. The molecule has 0 radical (unpaired) electrons. The molecule has 40 heavy (non-hydrogen) atoms. The Morgan fingerprint density at radius 2 is 1.65 bits per heavy atom. The second-order valence-electron chi connectivity index (χ2n) is 10.4. The molecular formula is C31H33ClFN3O4. The van der Waals surface area contributed by atoms with Crippen LogP contribution in [0.25, 0.3) is 0 Å². The molecule has 0 aromatic heterocycles. The highest BCUT2D eigenvalue weighted by molar-refractivity contribution is 6.33. The minimum absolute atomic E-state index is 0.0445. The maximum Gasteiger partial charge on any atom is 0.258 e. The van der Waals surface area contributed by atoms with E-state index in [9.17, 15) is 14.0 Å². The molecule has 0 saturated carbocycles. The molecule has 2 heterocycles. The first kappa shape index (κ1) is 27.9. The summed E-state index contributed by atoms with van der Waals surface area (Å²) in [5, 5.41) is 3.34. The minimum Gasteiger partial charge on any atom is -0.493 e. The first-order valence-electron chi connectivity index (χ1n) is 13.4. The molecule has 2 unspecified atom stereocenters. The molecule has 1 N–H and O–H groups in total. The summed E-state index contributed by atoms with van der Waals surface area (Å²) >= 11 is 6.13. The van der Waals surface area contributed by atoms with Crippen molar-refractivity contribution in [2.45, 2.75) is 12.5 Å². The van der Waals surface area contributed by atoms with Crippen LogP contribution in [0.3, 0.4) is 0 Å². The number of benzene rings is 3. The molecule has 3 atom stereocenters. The van der Waals surface area contributed by atoms with E-state index in [0.29, 0.717) is 42.0 Å². The summed E-state index contributed by atoms with van der Waals surface area (Å²) in [4.78, 5) is 30.3. The van der Waals surface area contributed by atoms with Crippen LogP contribution >= 0.6 is 11.6 Å². The molecule has 9 heteroatoms. The quantitative estimate of drug-likeness (QED) is 0.393. The number of halogens is 2. The fraction of sp³-hybridized carbons (Fsp3) is 0.355. The first-order chi connectivity index (χ1) is 19.4. The normalized spacial score (nSPS) is 19.2. The van der Waals surface area contributed by atoms with Gasteiger partial charge >= 0.3 is 0 Å². The first-order valence-corrected chi connectivity index (χ1v) is 13.8. The van der Waals surface area contributed by atoms with Crippen LogP contribution < -0.4 is 14.8 Å². The molecule has 3 aromatic carbocycles. The molecular weight excluding hydrogens is 533 g/mol. The SMILES string of the molecule is COc1ccc(C(=O)N[C@@H](CCN2CC3CN(C(=O)c4c(F)cccc4Cl)CC3C2)c2ccccc2)cc1OC. The zero-order valence-electron chi connectivity index (χ0n) is 22.6. The van der Waals surface area contributed by atoms with Crippen LogP contribution in [0.2, 0.25) is 5.02 Å². The Labute approximate surface area is 238 Å². The van der Waals surface area contributed by atoms with Crippen LogP contribution in [-0.2, 0) is 0 Å². The zero-order valence-corrected chi connectivity index (χ0v) is 23.4. The number of carbonyl (C=O) groups is 2. The van der Waals surface area contributed by atoms with Crippen molar-refractivity contribution in [1.29, 1.82) is 0 Å². The van der Waals surface area contributed by atoms with E-state index >= 15 is 0 Å². The Morgan fingerprint density at radius 3 is 2.30 bits per heavy atom. The van der Waals surface area contributed by atoms with Crippen molar-refractivity contribution < 1.29 is 23.5 Å². The molecule has 5 rings (SSSR count). The summed E-state index contributed by atoms with van der Waals surface area (Å²) in [6.07, 6.45) is 0.732. The lowest BCUT2D eigenvalue weighted by Gasteiger charge is -2.25. The maximum absolute atomic E-state index is 14.3. The van der Waals surface area contributed by atoms with Crippen molar-refractivity contribution >= 4 is 23.4 Å². The fourth-order valence-corrected chi connectivity index (χ4v) is 6.08. The van der Waals surface area contributed by atoms with Crippen molar-refractivity contribution in [3.8, 4) is 11.5 Å². The summed E-state index contributed by atoms with van der Waals surface area (Å²) in [7, 11) is 3.10. The third-order valence-electron chi connectivity index (χ3n) is 7.91. The monoisotopic (exact) mass is 565 g/mol. The molecule has 0 aliphatic carbocycles. The van der Waals surface area contributed by atoms with Gasteiger partial charge in [-0.05, 0) is 54.2 Å². The summed E-state index contributed by atoms with van der Waals surface area (Å²) in [5.41, 5.74) is 1.49. The van der Waals surface area contributed by atoms with Gasteiger partial charge < -0.3 is 24.6 Å². The fourth-order valence-electron chi connectivity index (χ4n) is 5.84. The van der Waals surface area contributed by atoms with Crippen molar-refractivity contribution in [2.24, 2.45) is 11.8 Å². The van der Waals surface area contributed by atoms with Gasteiger partial charge in [0.15, 0.2) is 11.5 Å².